The average Bonchev–Trinajstić information content (AvgIpc) is 3.55. The summed E-state index contributed by atoms with van der Waals surface area (Å²) >= 11 is 0. The Morgan fingerprint density at radius 2 is 1.14 bits per heavy atom. The number of nitrogens with one attached hydrogen (secondary N) is 4. The van der Waals surface area contributed by atoms with Gasteiger partial charge in [0.05, 0.1) is 106 Å². The number of hydrogen-bond donors (Lipinski definition) is 6. The molecule has 1 heterocycles. The molecule has 1 aliphatic heterocycles. The highest BCUT2D eigenvalue weighted by molar-refractivity contribution is 5.91. The number of aliphatic hydroxyl groups excluding tert-OH is 1. The average molecular weight is 922 g/mol. The van der Waals surface area contributed by atoms with Crippen molar-refractivity contribution in [3.63, 3.8) is 0 Å². The number of carbonyl (C=O) groups is 6. The van der Waals surface area contributed by atoms with Crippen LogP contribution in [0.15, 0.2) is 12.2 Å². The number of rotatable bonds is 40. The number of alkyl carbamates (subject to hydrolysis) is 1. The van der Waals surface area contributed by atoms with Crippen molar-refractivity contribution in [1.29, 1.82) is 0 Å². The van der Waals surface area contributed by atoms with Gasteiger partial charge in [-0.15, -0.1) is 0 Å². The molecule has 1 aliphatic rings. The molecule has 0 spiro atoms. The van der Waals surface area contributed by atoms with Gasteiger partial charge >= 0.3 is 12.1 Å². The molecule has 0 aliphatic carbocycles. The Bertz CT molecular complexity index is 1350. The normalized spacial score (nSPS) is 14.7. The van der Waals surface area contributed by atoms with Crippen LogP contribution in [-0.4, -0.2) is 200 Å². The van der Waals surface area contributed by atoms with Gasteiger partial charge in [-0.05, 0) is 52.0 Å². The molecular formula is C42H75N5O17. The van der Waals surface area contributed by atoms with Gasteiger partial charge in [0.2, 0.25) is 23.6 Å². The van der Waals surface area contributed by atoms with E-state index in [0.29, 0.717) is 118 Å². The Labute approximate surface area is 377 Å². The van der Waals surface area contributed by atoms with Crippen molar-refractivity contribution in [2.75, 3.05) is 125 Å². The summed E-state index contributed by atoms with van der Waals surface area (Å²) in [5.41, 5.74) is -0.624. The van der Waals surface area contributed by atoms with Crippen LogP contribution in [0.1, 0.15) is 66.7 Å². The van der Waals surface area contributed by atoms with E-state index in [1.807, 2.05) is 0 Å². The van der Waals surface area contributed by atoms with Crippen LogP contribution in [0.5, 0.6) is 0 Å². The van der Waals surface area contributed by atoms with E-state index in [1.165, 1.54) is 17.1 Å². The minimum Gasteiger partial charge on any atom is -0.480 e. The standard InChI is InChI=1S/C42H75N5O17/c1-32(2)38(39(52)45-33(40(53)54)8-6-7-13-44-41(55)64-42(3,4)5)46-35(49)12-16-56-18-20-58-22-24-60-26-28-62-30-31-63-29-27-61-25-23-59-21-19-57-17-14-43-34(48)11-15-47-36(50)9-10-37(47)51/h9-10,32-33,36,38,50H,6-8,11-31H2,1-5H3,(H,43,48)(H,44,55)(H,45,52)(H,46,49)(H,53,54)/t33-,36?,38-/m0/s1. The number of nitrogens with zero attached hydrogens (tertiary/aromatic N) is 1. The molecule has 0 fully saturated rings. The molecule has 1 unspecified atom stereocenters. The largest absolute Gasteiger partial charge is 0.480 e. The lowest BCUT2D eigenvalue weighted by Crippen LogP contribution is -2.53. The summed E-state index contributed by atoms with van der Waals surface area (Å²) in [6, 6.07) is -2.08. The quantitative estimate of drug-likeness (QED) is 0.0446. The molecule has 0 aromatic rings. The van der Waals surface area contributed by atoms with Gasteiger partial charge in [-0.3, -0.25) is 19.2 Å². The lowest BCUT2D eigenvalue weighted by molar-refractivity contribution is -0.142. The van der Waals surface area contributed by atoms with E-state index in [9.17, 15) is 39.0 Å². The lowest BCUT2D eigenvalue weighted by Gasteiger charge is -2.24. The summed E-state index contributed by atoms with van der Waals surface area (Å²) in [6.07, 6.45) is 2.29. The fraction of sp³-hybridized carbons (Fsp3) is 0.810. The first-order valence-electron chi connectivity index (χ1n) is 22.0. The van der Waals surface area contributed by atoms with E-state index < -0.39 is 47.8 Å². The molecule has 370 valence electrons. The van der Waals surface area contributed by atoms with E-state index in [-0.39, 0.29) is 56.8 Å². The highest BCUT2D eigenvalue weighted by Crippen LogP contribution is 2.10. The third-order valence-corrected chi connectivity index (χ3v) is 8.71. The second-order valence-electron chi connectivity index (χ2n) is 15.7. The first-order chi connectivity index (χ1) is 30.6. The first-order valence-corrected chi connectivity index (χ1v) is 22.0. The molecule has 5 amide bonds. The Morgan fingerprint density at radius 1 is 0.656 bits per heavy atom. The molecule has 22 nitrogen and oxygen atoms in total. The fourth-order valence-electron chi connectivity index (χ4n) is 5.40. The molecule has 0 saturated carbocycles. The van der Waals surface area contributed by atoms with Gasteiger partial charge in [-0.1, -0.05) is 13.8 Å². The van der Waals surface area contributed by atoms with Gasteiger partial charge in [0.15, 0.2) is 0 Å². The monoisotopic (exact) mass is 922 g/mol. The van der Waals surface area contributed by atoms with E-state index >= 15 is 0 Å². The zero-order valence-electron chi connectivity index (χ0n) is 38.4. The maximum Gasteiger partial charge on any atom is 0.407 e. The zero-order valence-corrected chi connectivity index (χ0v) is 38.4. The van der Waals surface area contributed by atoms with Gasteiger partial charge in [0.25, 0.3) is 0 Å². The molecule has 0 aromatic heterocycles. The number of aliphatic hydroxyl groups is 1. The number of amides is 5. The van der Waals surface area contributed by atoms with Crippen molar-refractivity contribution in [2.24, 2.45) is 5.92 Å². The predicted octanol–water partition coefficient (Wildman–Crippen LogP) is 0.138. The van der Waals surface area contributed by atoms with Crippen molar-refractivity contribution in [2.45, 2.75) is 90.6 Å². The van der Waals surface area contributed by atoms with Crippen LogP contribution < -0.4 is 21.3 Å². The minimum atomic E-state index is -1.19. The second-order valence-corrected chi connectivity index (χ2v) is 15.7. The third-order valence-electron chi connectivity index (χ3n) is 8.71. The molecule has 0 bridgehead atoms. The van der Waals surface area contributed by atoms with Crippen LogP contribution in [0.3, 0.4) is 0 Å². The highest BCUT2D eigenvalue weighted by Gasteiger charge is 2.29. The Morgan fingerprint density at radius 3 is 1.58 bits per heavy atom. The topological polar surface area (TPSA) is 277 Å². The SMILES string of the molecule is CC(C)[C@H](NC(=O)CCOCCOCCOCCOCCOCCOCCOCCOCCNC(=O)CCN1C(=O)C=CC1O)C(=O)N[C@@H](CCCCNC(=O)OC(C)(C)C)C(=O)O. The van der Waals surface area contributed by atoms with E-state index in [4.69, 9.17) is 42.6 Å². The summed E-state index contributed by atoms with van der Waals surface area (Å²) in [5.74, 6) is -3.03. The van der Waals surface area contributed by atoms with E-state index in [0.717, 1.165) is 0 Å². The minimum absolute atomic E-state index is 0.00642. The molecule has 6 N–H and O–H groups in total. The van der Waals surface area contributed by atoms with Crippen LogP contribution in [0, 0.1) is 5.92 Å². The van der Waals surface area contributed by atoms with Crippen molar-refractivity contribution in [3.8, 4) is 0 Å². The molecule has 1 rings (SSSR count). The van der Waals surface area contributed by atoms with Crippen molar-refractivity contribution in [3.05, 3.63) is 12.2 Å². The molecule has 3 atom stereocenters. The van der Waals surface area contributed by atoms with Crippen LogP contribution in [-0.2, 0) is 66.6 Å². The van der Waals surface area contributed by atoms with Crippen LogP contribution in [0.4, 0.5) is 4.79 Å². The number of hydrogen-bond acceptors (Lipinski definition) is 16. The molecule has 0 saturated heterocycles. The van der Waals surface area contributed by atoms with Gasteiger partial charge < -0.3 is 79.0 Å². The molecule has 22 heteroatoms. The van der Waals surface area contributed by atoms with Gasteiger partial charge in [-0.2, -0.15) is 0 Å². The number of carboxylic acids is 1. The smallest absolute Gasteiger partial charge is 0.407 e. The summed E-state index contributed by atoms with van der Waals surface area (Å²) in [4.78, 5) is 73.6. The molecule has 64 heavy (non-hydrogen) atoms. The zero-order chi connectivity index (χ0) is 47.4. The van der Waals surface area contributed by atoms with E-state index in [2.05, 4.69) is 21.3 Å². The van der Waals surface area contributed by atoms with Crippen molar-refractivity contribution in [1.82, 2.24) is 26.2 Å². The Balaban J connectivity index is 1.90. The maximum atomic E-state index is 12.9. The summed E-state index contributed by atoms with van der Waals surface area (Å²) in [7, 11) is 0. The Hall–Kier alpha value is -4.00. The summed E-state index contributed by atoms with van der Waals surface area (Å²) < 4.78 is 48.8. The van der Waals surface area contributed by atoms with Crippen LogP contribution in [0.25, 0.3) is 0 Å². The van der Waals surface area contributed by atoms with Crippen molar-refractivity contribution >= 4 is 35.7 Å². The number of aliphatic carboxylic acids is 1. The number of unbranched alkanes of at least 4 members (excludes halogenated alkanes) is 1. The summed E-state index contributed by atoms with van der Waals surface area (Å²) in [5, 5.41) is 29.8. The van der Waals surface area contributed by atoms with Crippen LogP contribution >= 0.6 is 0 Å². The van der Waals surface area contributed by atoms with Crippen LogP contribution in [0.2, 0.25) is 0 Å². The second kappa shape index (κ2) is 36.2. The highest BCUT2D eigenvalue weighted by atomic mass is 16.6. The lowest BCUT2D eigenvalue weighted by atomic mass is 10.0. The third kappa shape index (κ3) is 31.8. The number of carbonyl (C=O) groups excluding carboxylic acids is 5. The molecule has 0 radical (unpaired) electrons. The molecule has 0 aromatic carbocycles. The van der Waals surface area contributed by atoms with Gasteiger partial charge in [0, 0.05) is 38.6 Å². The first kappa shape index (κ1) is 58.0. The van der Waals surface area contributed by atoms with E-state index in [1.54, 1.807) is 34.6 Å². The summed E-state index contributed by atoms with van der Waals surface area (Å²) in [6.45, 7) is 15.3. The van der Waals surface area contributed by atoms with Gasteiger partial charge in [-0.25, -0.2) is 9.59 Å². The number of carboxylic acid groups (broad SMARTS) is 1. The fourth-order valence-corrected chi connectivity index (χ4v) is 5.40. The molecular weight excluding hydrogens is 846 g/mol. The Kier molecular flexibility index (Phi) is 32.9. The predicted molar refractivity (Wildman–Crippen MR) is 230 cm³/mol. The van der Waals surface area contributed by atoms with Gasteiger partial charge in [0.1, 0.15) is 23.9 Å². The van der Waals surface area contributed by atoms with Crippen molar-refractivity contribution < 1.29 is 81.6 Å². The maximum absolute atomic E-state index is 12.9. The number of ether oxygens (including phenoxy) is 9.